The lowest BCUT2D eigenvalue weighted by atomic mass is 9.96. The maximum absolute atomic E-state index is 12.5. The van der Waals surface area contributed by atoms with E-state index in [0.29, 0.717) is 25.9 Å². The van der Waals surface area contributed by atoms with Gasteiger partial charge in [-0.15, -0.1) is 0 Å². The zero-order valence-corrected chi connectivity index (χ0v) is 14.6. The molecular weight excluding hydrogens is 320 g/mol. The monoisotopic (exact) mass is 346 g/mol. The lowest BCUT2D eigenvalue weighted by molar-refractivity contribution is -0.138. The topological polar surface area (TPSA) is 86.7 Å². The number of hydrogen-bond acceptors (Lipinski definition) is 3. The minimum Gasteiger partial charge on any atom is -0.481 e. The van der Waals surface area contributed by atoms with E-state index >= 15 is 0 Å². The summed E-state index contributed by atoms with van der Waals surface area (Å²) in [6.07, 6.45) is 2.36. The van der Waals surface area contributed by atoms with E-state index in [1.54, 1.807) is 4.90 Å². The van der Waals surface area contributed by atoms with E-state index in [0.717, 1.165) is 18.4 Å². The SMILES string of the molecule is CC(CCC(=O)O)NC(=O)C1CCCN(C(=O)Cc2ccccc2)C1. The fraction of sp³-hybridized carbons (Fsp3) is 0.526. The predicted molar refractivity (Wildman–Crippen MR) is 93.9 cm³/mol. The number of piperidine rings is 1. The van der Waals surface area contributed by atoms with Crippen molar-refractivity contribution in [2.45, 2.75) is 45.1 Å². The van der Waals surface area contributed by atoms with E-state index in [2.05, 4.69) is 5.32 Å². The van der Waals surface area contributed by atoms with Crippen molar-refractivity contribution in [3.8, 4) is 0 Å². The Morgan fingerprint density at radius 1 is 1.28 bits per heavy atom. The Labute approximate surface area is 148 Å². The number of nitrogens with zero attached hydrogens (tertiary/aromatic N) is 1. The molecule has 136 valence electrons. The van der Waals surface area contributed by atoms with Gasteiger partial charge in [-0.3, -0.25) is 14.4 Å². The molecule has 2 amide bonds. The lowest BCUT2D eigenvalue weighted by Gasteiger charge is -2.32. The highest BCUT2D eigenvalue weighted by Crippen LogP contribution is 2.18. The minimum atomic E-state index is -0.864. The molecule has 0 bridgehead atoms. The van der Waals surface area contributed by atoms with Crippen LogP contribution in [0.1, 0.15) is 38.2 Å². The summed E-state index contributed by atoms with van der Waals surface area (Å²) in [5.41, 5.74) is 0.973. The van der Waals surface area contributed by atoms with Crippen molar-refractivity contribution in [2.75, 3.05) is 13.1 Å². The smallest absolute Gasteiger partial charge is 0.303 e. The number of carbonyl (C=O) groups is 3. The summed E-state index contributed by atoms with van der Waals surface area (Å²) in [5.74, 6) is -1.13. The fourth-order valence-corrected chi connectivity index (χ4v) is 3.07. The molecular formula is C19H26N2O4. The zero-order chi connectivity index (χ0) is 18.2. The molecule has 2 atom stereocenters. The van der Waals surface area contributed by atoms with Gasteiger partial charge in [-0.1, -0.05) is 30.3 Å². The molecule has 1 heterocycles. The summed E-state index contributed by atoms with van der Waals surface area (Å²) in [7, 11) is 0. The van der Waals surface area contributed by atoms with Gasteiger partial charge in [0.25, 0.3) is 0 Å². The van der Waals surface area contributed by atoms with E-state index in [-0.39, 0.29) is 30.2 Å². The fourth-order valence-electron chi connectivity index (χ4n) is 3.07. The molecule has 25 heavy (non-hydrogen) atoms. The second-order valence-electron chi connectivity index (χ2n) is 6.68. The molecule has 1 aromatic rings. The summed E-state index contributed by atoms with van der Waals surface area (Å²) < 4.78 is 0. The molecule has 1 aromatic carbocycles. The maximum Gasteiger partial charge on any atom is 0.303 e. The van der Waals surface area contributed by atoms with Crippen LogP contribution in [0.3, 0.4) is 0 Å². The average molecular weight is 346 g/mol. The Morgan fingerprint density at radius 2 is 2.00 bits per heavy atom. The van der Waals surface area contributed by atoms with Gasteiger partial charge >= 0.3 is 5.97 Å². The second-order valence-corrected chi connectivity index (χ2v) is 6.68. The quantitative estimate of drug-likeness (QED) is 0.789. The van der Waals surface area contributed by atoms with Crippen LogP contribution in [0.4, 0.5) is 0 Å². The number of carbonyl (C=O) groups excluding carboxylic acids is 2. The van der Waals surface area contributed by atoms with Crippen LogP contribution >= 0.6 is 0 Å². The third-order valence-electron chi connectivity index (χ3n) is 4.52. The Kier molecular flexibility index (Phi) is 6.98. The average Bonchev–Trinajstić information content (AvgIpc) is 2.61. The number of carboxylic acids is 1. The summed E-state index contributed by atoms with van der Waals surface area (Å²) in [4.78, 5) is 37.2. The predicted octanol–water partition coefficient (Wildman–Crippen LogP) is 1.84. The van der Waals surface area contributed by atoms with Crippen molar-refractivity contribution in [2.24, 2.45) is 5.92 Å². The zero-order valence-electron chi connectivity index (χ0n) is 14.6. The van der Waals surface area contributed by atoms with Gasteiger partial charge < -0.3 is 15.3 Å². The van der Waals surface area contributed by atoms with Crippen LogP contribution in [0, 0.1) is 5.92 Å². The minimum absolute atomic E-state index is 0.0355. The highest BCUT2D eigenvalue weighted by Gasteiger charge is 2.28. The molecule has 0 saturated carbocycles. The van der Waals surface area contributed by atoms with E-state index in [1.165, 1.54) is 0 Å². The van der Waals surface area contributed by atoms with Crippen LogP contribution in [0.2, 0.25) is 0 Å². The van der Waals surface area contributed by atoms with Crippen molar-refractivity contribution in [3.63, 3.8) is 0 Å². The number of benzene rings is 1. The molecule has 0 aromatic heterocycles. The van der Waals surface area contributed by atoms with Crippen LogP contribution in [0.15, 0.2) is 30.3 Å². The van der Waals surface area contributed by atoms with Crippen molar-refractivity contribution in [3.05, 3.63) is 35.9 Å². The van der Waals surface area contributed by atoms with Gasteiger partial charge in [0.15, 0.2) is 0 Å². The Bertz CT molecular complexity index is 603. The number of rotatable bonds is 7. The molecule has 1 saturated heterocycles. The molecule has 6 heteroatoms. The molecule has 1 fully saturated rings. The van der Waals surface area contributed by atoms with E-state index in [9.17, 15) is 14.4 Å². The Balaban J connectivity index is 1.84. The van der Waals surface area contributed by atoms with Gasteiger partial charge in [0, 0.05) is 25.6 Å². The van der Waals surface area contributed by atoms with Crippen molar-refractivity contribution in [1.29, 1.82) is 0 Å². The van der Waals surface area contributed by atoms with E-state index < -0.39 is 5.97 Å². The summed E-state index contributed by atoms with van der Waals surface area (Å²) >= 11 is 0. The first kappa shape index (κ1) is 19.0. The molecule has 0 aliphatic carbocycles. The van der Waals surface area contributed by atoms with Crippen molar-refractivity contribution in [1.82, 2.24) is 10.2 Å². The summed E-state index contributed by atoms with van der Waals surface area (Å²) in [6.45, 7) is 2.93. The van der Waals surface area contributed by atoms with Gasteiger partial charge in [-0.25, -0.2) is 0 Å². The summed E-state index contributed by atoms with van der Waals surface area (Å²) in [5, 5.41) is 11.6. The molecule has 2 rings (SSSR count). The lowest BCUT2D eigenvalue weighted by Crippen LogP contribution is -2.47. The molecule has 2 N–H and O–H groups in total. The number of likely N-dealkylation sites (tertiary alicyclic amines) is 1. The van der Waals surface area contributed by atoms with Crippen molar-refractivity contribution >= 4 is 17.8 Å². The van der Waals surface area contributed by atoms with Gasteiger partial charge in [-0.05, 0) is 31.7 Å². The third-order valence-corrected chi connectivity index (χ3v) is 4.52. The second kappa shape index (κ2) is 9.20. The molecule has 6 nitrogen and oxygen atoms in total. The third kappa shape index (κ3) is 6.21. The van der Waals surface area contributed by atoms with Crippen LogP contribution in [-0.4, -0.2) is 46.9 Å². The van der Waals surface area contributed by atoms with Crippen LogP contribution in [-0.2, 0) is 20.8 Å². The van der Waals surface area contributed by atoms with E-state index in [1.807, 2.05) is 37.3 Å². The first-order valence-electron chi connectivity index (χ1n) is 8.79. The van der Waals surface area contributed by atoms with Gasteiger partial charge in [0.1, 0.15) is 0 Å². The first-order valence-corrected chi connectivity index (χ1v) is 8.79. The highest BCUT2D eigenvalue weighted by atomic mass is 16.4. The standard InChI is InChI=1S/C19H26N2O4/c1-14(9-10-18(23)24)20-19(25)16-8-5-11-21(13-16)17(22)12-15-6-3-2-4-7-15/h2-4,6-7,14,16H,5,8-13H2,1H3,(H,20,25)(H,23,24). The maximum atomic E-state index is 12.5. The highest BCUT2D eigenvalue weighted by molar-refractivity contribution is 5.82. The Morgan fingerprint density at radius 3 is 2.68 bits per heavy atom. The largest absolute Gasteiger partial charge is 0.481 e. The summed E-state index contributed by atoms with van der Waals surface area (Å²) in [6, 6.07) is 9.41. The number of hydrogen-bond donors (Lipinski definition) is 2. The normalized spacial score (nSPS) is 18.4. The molecule has 1 aliphatic rings. The molecule has 0 radical (unpaired) electrons. The van der Waals surface area contributed by atoms with E-state index in [4.69, 9.17) is 5.11 Å². The Hall–Kier alpha value is -2.37. The van der Waals surface area contributed by atoms with Gasteiger partial charge in [0.05, 0.1) is 12.3 Å². The number of aliphatic carboxylic acids is 1. The van der Waals surface area contributed by atoms with Crippen molar-refractivity contribution < 1.29 is 19.5 Å². The van der Waals surface area contributed by atoms with Crippen LogP contribution < -0.4 is 5.32 Å². The number of carboxylic acid groups (broad SMARTS) is 1. The molecule has 2 unspecified atom stereocenters. The molecule has 0 spiro atoms. The first-order chi connectivity index (χ1) is 12.0. The van der Waals surface area contributed by atoms with Gasteiger partial charge in [-0.2, -0.15) is 0 Å². The van der Waals surface area contributed by atoms with Crippen LogP contribution in [0.25, 0.3) is 0 Å². The van der Waals surface area contributed by atoms with Crippen LogP contribution in [0.5, 0.6) is 0 Å². The molecule has 1 aliphatic heterocycles. The number of amides is 2. The van der Waals surface area contributed by atoms with Gasteiger partial charge in [0.2, 0.25) is 11.8 Å². The number of nitrogens with one attached hydrogen (secondary N) is 1.